The van der Waals surface area contributed by atoms with Crippen LogP contribution in [0, 0.1) is 0 Å². The zero-order valence-corrected chi connectivity index (χ0v) is 12.9. The first-order chi connectivity index (χ1) is 7.72. The summed E-state index contributed by atoms with van der Waals surface area (Å²) in [6.07, 6.45) is 6.57. The van der Waals surface area contributed by atoms with E-state index in [0.717, 1.165) is 11.4 Å². The fourth-order valence-corrected chi connectivity index (χ4v) is 1.81. The van der Waals surface area contributed by atoms with Crippen LogP contribution in [0.2, 0.25) is 0 Å². The first-order valence-corrected chi connectivity index (χ1v) is 6.34. The van der Waals surface area contributed by atoms with Crippen molar-refractivity contribution in [3.8, 4) is 0 Å². The monoisotopic (exact) mass is 292 g/mol. The van der Waals surface area contributed by atoms with Crippen molar-refractivity contribution in [2.24, 2.45) is 0 Å². The van der Waals surface area contributed by atoms with E-state index in [1.807, 2.05) is 24.3 Å². The van der Waals surface area contributed by atoms with Crippen LogP contribution in [0.5, 0.6) is 0 Å². The predicted molar refractivity (Wildman–Crippen MR) is 87.2 cm³/mol. The van der Waals surface area contributed by atoms with Gasteiger partial charge in [-0.15, -0.1) is 24.8 Å². The molecule has 0 bridgehead atoms. The average molecular weight is 293 g/mol. The molecule has 1 atom stereocenters. The molecule has 1 aromatic rings. The van der Waals surface area contributed by atoms with Gasteiger partial charge in [-0.1, -0.05) is 32.6 Å². The van der Waals surface area contributed by atoms with Gasteiger partial charge >= 0.3 is 0 Å². The quantitative estimate of drug-likeness (QED) is 0.555. The molecule has 3 N–H and O–H groups in total. The van der Waals surface area contributed by atoms with Gasteiger partial charge in [0, 0.05) is 17.4 Å². The van der Waals surface area contributed by atoms with Gasteiger partial charge in [-0.05, 0) is 37.6 Å². The molecule has 18 heavy (non-hydrogen) atoms. The number of rotatable bonds is 7. The molecule has 106 valence electrons. The lowest BCUT2D eigenvalue weighted by molar-refractivity contribution is 0.594. The zero-order valence-electron chi connectivity index (χ0n) is 11.3. The van der Waals surface area contributed by atoms with Crippen molar-refractivity contribution < 1.29 is 0 Å². The van der Waals surface area contributed by atoms with Crippen molar-refractivity contribution >= 4 is 36.2 Å². The lowest BCUT2D eigenvalue weighted by Gasteiger charge is -2.15. The van der Waals surface area contributed by atoms with E-state index in [4.69, 9.17) is 5.73 Å². The third-order valence-electron chi connectivity index (χ3n) is 2.81. The summed E-state index contributed by atoms with van der Waals surface area (Å²) in [6, 6.07) is 8.49. The maximum atomic E-state index is 5.64. The summed E-state index contributed by atoms with van der Waals surface area (Å²) in [4.78, 5) is 0. The molecular weight excluding hydrogens is 267 g/mol. The van der Waals surface area contributed by atoms with Crippen molar-refractivity contribution in [3.63, 3.8) is 0 Å². The van der Waals surface area contributed by atoms with E-state index < -0.39 is 0 Å². The Morgan fingerprint density at radius 3 is 2.22 bits per heavy atom. The fraction of sp³-hybridized carbons (Fsp3) is 0.571. The SMILES string of the molecule is CCCCCCC(C)Nc1ccc(N)cc1.Cl.Cl. The molecule has 1 unspecified atom stereocenters. The third-order valence-corrected chi connectivity index (χ3v) is 2.81. The van der Waals surface area contributed by atoms with Gasteiger partial charge in [0.15, 0.2) is 0 Å². The maximum absolute atomic E-state index is 5.64. The molecule has 0 saturated carbocycles. The Labute approximate surface area is 124 Å². The molecule has 1 rings (SSSR count). The largest absolute Gasteiger partial charge is 0.399 e. The molecule has 2 nitrogen and oxygen atoms in total. The van der Waals surface area contributed by atoms with Crippen LogP contribution in [0.4, 0.5) is 11.4 Å². The van der Waals surface area contributed by atoms with Crippen LogP contribution in [0.15, 0.2) is 24.3 Å². The van der Waals surface area contributed by atoms with Gasteiger partial charge < -0.3 is 11.1 Å². The van der Waals surface area contributed by atoms with Gasteiger partial charge in [-0.25, -0.2) is 0 Å². The molecule has 0 aliphatic carbocycles. The highest BCUT2D eigenvalue weighted by Crippen LogP contribution is 2.14. The van der Waals surface area contributed by atoms with Crippen molar-refractivity contribution in [1.29, 1.82) is 0 Å². The van der Waals surface area contributed by atoms with Crippen LogP contribution in [-0.2, 0) is 0 Å². The first-order valence-electron chi connectivity index (χ1n) is 6.34. The van der Waals surface area contributed by atoms with Crippen LogP contribution in [0.25, 0.3) is 0 Å². The summed E-state index contributed by atoms with van der Waals surface area (Å²) in [7, 11) is 0. The Bertz CT molecular complexity index is 288. The van der Waals surface area contributed by atoms with Crippen LogP contribution in [-0.4, -0.2) is 6.04 Å². The molecule has 0 amide bonds. The molecular formula is C14H26Cl2N2. The second kappa shape index (κ2) is 11.5. The van der Waals surface area contributed by atoms with Crippen molar-refractivity contribution in [3.05, 3.63) is 24.3 Å². The number of hydrogen-bond donors (Lipinski definition) is 2. The second-order valence-corrected chi connectivity index (χ2v) is 4.52. The summed E-state index contributed by atoms with van der Waals surface area (Å²) >= 11 is 0. The van der Waals surface area contributed by atoms with Crippen LogP contribution in [0.3, 0.4) is 0 Å². The van der Waals surface area contributed by atoms with Gasteiger partial charge in [0.05, 0.1) is 0 Å². The number of anilines is 2. The number of hydrogen-bond acceptors (Lipinski definition) is 2. The number of nitrogens with two attached hydrogens (primary N) is 1. The summed E-state index contributed by atoms with van der Waals surface area (Å²) in [5.41, 5.74) is 7.63. The molecule has 0 radical (unpaired) electrons. The van der Waals surface area contributed by atoms with Crippen LogP contribution < -0.4 is 11.1 Å². The van der Waals surface area contributed by atoms with Gasteiger partial charge in [0.2, 0.25) is 0 Å². The third kappa shape index (κ3) is 8.48. The van der Waals surface area contributed by atoms with Crippen LogP contribution >= 0.6 is 24.8 Å². The molecule has 0 heterocycles. The molecule has 0 fully saturated rings. The normalized spacial score (nSPS) is 11.0. The topological polar surface area (TPSA) is 38.0 Å². The zero-order chi connectivity index (χ0) is 11.8. The second-order valence-electron chi connectivity index (χ2n) is 4.52. The molecule has 4 heteroatoms. The minimum absolute atomic E-state index is 0. The van der Waals surface area contributed by atoms with Gasteiger partial charge in [0.1, 0.15) is 0 Å². The average Bonchev–Trinajstić information content (AvgIpc) is 2.28. The van der Waals surface area contributed by atoms with E-state index >= 15 is 0 Å². The Kier molecular flexibility index (Phi) is 12.6. The van der Waals surface area contributed by atoms with E-state index in [1.165, 1.54) is 32.1 Å². The van der Waals surface area contributed by atoms with Crippen molar-refractivity contribution in [1.82, 2.24) is 0 Å². The highest BCUT2D eigenvalue weighted by Gasteiger charge is 2.01. The summed E-state index contributed by atoms with van der Waals surface area (Å²) in [5, 5.41) is 3.49. The maximum Gasteiger partial charge on any atom is 0.0343 e. The van der Waals surface area contributed by atoms with Gasteiger partial charge in [-0.3, -0.25) is 0 Å². The predicted octanol–water partition coefficient (Wildman–Crippen LogP) is 4.88. The highest BCUT2D eigenvalue weighted by molar-refractivity contribution is 5.85. The van der Waals surface area contributed by atoms with E-state index in [1.54, 1.807) is 0 Å². The minimum atomic E-state index is 0. The summed E-state index contributed by atoms with van der Waals surface area (Å²) in [6.45, 7) is 4.48. The van der Waals surface area contributed by atoms with Crippen LogP contribution in [0.1, 0.15) is 46.0 Å². The molecule has 0 aromatic heterocycles. The van der Waals surface area contributed by atoms with E-state index in [0.29, 0.717) is 6.04 Å². The highest BCUT2D eigenvalue weighted by atomic mass is 35.5. The number of halogens is 2. The van der Waals surface area contributed by atoms with E-state index in [9.17, 15) is 0 Å². The van der Waals surface area contributed by atoms with E-state index in [-0.39, 0.29) is 24.8 Å². The Morgan fingerprint density at radius 2 is 1.67 bits per heavy atom. The number of benzene rings is 1. The number of unbranched alkanes of at least 4 members (excludes halogenated alkanes) is 3. The number of nitrogen functional groups attached to an aromatic ring is 1. The van der Waals surface area contributed by atoms with Crippen molar-refractivity contribution in [2.45, 2.75) is 52.0 Å². The van der Waals surface area contributed by atoms with Crippen molar-refractivity contribution in [2.75, 3.05) is 11.1 Å². The molecule has 0 saturated heterocycles. The lowest BCUT2D eigenvalue weighted by Crippen LogP contribution is -2.14. The number of nitrogens with one attached hydrogen (secondary N) is 1. The Morgan fingerprint density at radius 1 is 1.06 bits per heavy atom. The minimum Gasteiger partial charge on any atom is -0.399 e. The Balaban J connectivity index is 0. The van der Waals surface area contributed by atoms with Gasteiger partial charge in [-0.2, -0.15) is 0 Å². The lowest BCUT2D eigenvalue weighted by atomic mass is 10.1. The standard InChI is InChI=1S/C14H24N2.2ClH/c1-3-4-5-6-7-12(2)16-14-10-8-13(15)9-11-14;;/h8-12,16H,3-7,15H2,1-2H3;2*1H. The summed E-state index contributed by atoms with van der Waals surface area (Å²) in [5.74, 6) is 0. The first kappa shape index (κ1) is 19.7. The fourth-order valence-electron chi connectivity index (χ4n) is 1.81. The molecule has 1 aromatic carbocycles. The van der Waals surface area contributed by atoms with Gasteiger partial charge in [0.25, 0.3) is 0 Å². The van der Waals surface area contributed by atoms with E-state index in [2.05, 4.69) is 19.2 Å². The molecule has 0 aliphatic rings. The molecule has 0 aliphatic heterocycles. The molecule has 0 spiro atoms. The smallest absolute Gasteiger partial charge is 0.0343 e. The summed E-state index contributed by atoms with van der Waals surface area (Å²) < 4.78 is 0. The Hall–Kier alpha value is -0.600.